The monoisotopic (exact) mass is 368 g/mol. The number of carbonyl (C=O) groups is 1. The summed E-state index contributed by atoms with van der Waals surface area (Å²) in [4.78, 5) is 17.3. The maximum absolute atomic E-state index is 12.7. The Morgan fingerprint density at radius 1 is 1.04 bits per heavy atom. The highest BCUT2D eigenvalue weighted by Crippen LogP contribution is 2.32. The number of amides is 1. The standard InChI is InChI=1S/C21H24N2O2S/c1-14-20(15-10-12-23(14)13-11-15)22-21(25)16-2-6-18(7-3-16)26-19-8-4-17(24)5-9-19/h2-9,14-15,20,24H,10-13H2,1H3,(H,22,25). The molecule has 3 aliphatic heterocycles. The molecular weight excluding hydrogens is 344 g/mol. The van der Waals surface area contributed by atoms with Crippen LogP contribution in [-0.2, 0) is 0 Å². The first-order valence-electron chi connectivity index (χ1n) is 9.22. The van der Waals surface area contributed by atoms with E-state index in [1.54, 1.807) is 23.9 Å². The molecule has 2 unspecified atom stereocenters. The van der Waals surface area contributed by atoms with Crippen molar-refractivity contribution in [3.8, 4) is 5.75 Å². The largest absolute Gasteiger partial charge is 0.508 e. The second-order valence-electron chi connectivity index (χ2n) is 7.23. The Bertz CT molecular complexity index is 766. The van der Waals surface area contributed by atoms with Gasteiger partial charge in [0, 0.05) is 27.4 Å². The minimum absolute atomic E-state index is 0.0248. The molecule has 2 atom stereocenters. The molecule has 3 saturated heterocycles. The van der Waals surface area contributed by atoms with Gasteiger partial charge >= 0.3 is 0 Å². The van der Waals surface area contributed by atoms with Gasteiger partial charge in [0.25, 0.3) is 5.91 Å². The van der Waals surface area contributed by atoms with Crippen LogP contribution >= 0.6 is 11.8 Å². The summed E-state index contributed by atoms with van der Waals surface area (Å²) in [7, 11) is 0. The van der Waals surface area contributed by atoms with E-state index in [0.29, 0.717) is 17.5 Å². The van der Waals surface area contributed by atoms with Gasteiger partial charge in [-0.05, 0) is 87.3 Å². The third-order valence-corrected chi connectivity index (χ3v) is 6.68. The molecule has 0 aliphatic carbocycles. The molecule has 4 nitrogen and oxygen atoms in total. The highest BCUT2D eigenvalue weighted by molar-refractivity contribution is 7.99. The van der Waals surface area contributed by atoms with Crippen molar-refractivity contribution in [1.82, 2.24) is 10.2 Å². The zero-order valence-electron chi connectivity index (χ0n) is 14.9. The van der Waals surface area contributed by atoms with Gasteiger partial charge in [-0.2, -0.15) is 0 Å². The van der Waals surface area contributed by atoms with Crippen molar-refractivity contribution >= 4 is 17.7 Å². The van der Waals surface area contributed by atoms with Crippen LogP contribution in [-0.4, -0.2) is 41.1 Å². The summed E-state index contributed by atoms with van der Waals surface area (Å²) in [5.41, 5.74) is 0.712. The average Bonchev–Trinajstić information content (AvgIpc) is 2.67. The topological polar surface area (TPSA) is 52.6 Å². The SMILES string of the molecule is CC1C(NC(=O)c2ccc(Sc3ccc(O)cc3)cc2)C2CCN1CC2. The van der Waals surface area contributed by atoms with Crippen LogP contribution in [0.25, 0.3) is 0 Å². The van der Waals surface area contributed by atoms with E-state index in [2.05, 4.69) is 17.1 Å². The first-order chi connectivity index (χ1) is 12.6. The maximum atomic E-state index is 12.7. The van der Waals surface area contributed by atoms with E-state index in [9.17, 15) is 9.90 Å². The van der Waals surface area contributed by atoms with Gasteiger partial charge in [-0.3, -0.25) is 9.69 Å². The molecule has 2 N–H and O–H groups in total. The third kappa shape index (κ3) is 3.60. The van der Waals surface area contributed by atoms with Gasteiger partial charge in [-0.15, -0.1) is 0 Å². The van der Waals surface area contributed by atoms with Gasteiger partial charge in [0.1, 0.15) is 5.75 Å². The molecule has 5 rings (SSSR count). The molecule has 3 aliphatic rings. The molecule has 2 aromatic rings. The fourth-order valence-corrected chi connectivity index (χ4v) is 4.92. The van der Waals surface area contributed by atoms with Crippen LogP contribution in [0.1, 0.15) is 30.1 Å². The molecule has 0 spiro atoms. The van der Waals surface area contributed by atoms with Gasteiger partial charge in [-0.1, -0.05) is 11.8 Å². The number of carbonyl (C=O) groups excluding carboxylic acids is 1. The van der Waals surface area contributed by atoms with E-state index < -0.39 is 0 Å². The second-order valence-corrected chi connectivity index (χ2v) is 8.38. The number of rotatable bonds is 4. The zero-order valence-corrected chi connectivity index (χ0v) is 15.7. The van der Waals surface area contributed by atoms with E-state index >= 15 is 0 Å². The summed E-state index contributed by atoms with van der Waals surface area (Å²) in [6.07, 6.45) is 2.38. The summed E-state index contributed by atoms with van der Waals surface area (Å²) >= 11 is 1.61. The fraction of sp³-hybridized carbons (Fsp3) is 0.381. The lowest BCUT2D eigenvalue weighted by molar-refractivity contribution is 0.0217. The smallest absolute Gasteiger partial charge is 0.251 e. The van der Waals surface area contributed by atoms with Crippen molar-refractivity contribution in [1.29, 1.82) is 0 Å². The summed E-state index contributed by atoms with van der Waals surface area (Å²) in [5, 5.41) is 12.6. The highest BCUT2D eigenvalue weighted by atomic mass is 32.2. The molecular formula is C21H24N2O2S. The average molecular weight is 369 g/mol. The second kappa shape index (κ2) is 7.33. The van der Waals surface area contributed by atoms with Crippen molar-refractivity contribution < 1.29 is 9.90 Å². The van der Waals surface area contributed by atoms with Gasteiger partial charge in [0.15, 0.2) is 0 Å². The van der Waals surface area contributed by atoms with Crippen LogP contribution in [0.3, 0.4) is 0 Å². The third-order valence-electron chi connectivity index (χ3n) is 5.66. The zero-order chi connectivity index (χ0) is 18.1. The van der Waals surface area contributed by atoms with Crippen LogP contribution in [0.15, 0.2) is 58.3 Å². The van der Waals surface area contributed by atoms with Crippen LogP contribution in [0.2, 0.25) is 0 Å². The Morgan fingerprint density at radius 3 is 2.19 bits per heavy atom. The number of hydrogen-bond acceptors (Lipinski definition) is 4. The molecule has 3 heterocycles. The first-order valence-corrected chi connectivity index (χ1v) is 10.0. The number of phenols is 1. The highest BCUT2D eigenvalue weighted by Gasteiger charge is 2.40. The van der Waals surface area contributed by atoms with Crippen LogP contribution in [0, 0.1) is 5.92 Å². The molecule has 136 valence electrons. The van der Waals surface area contributed by atoms with Crippen molar-refractivity contribution in [3.05, 3.63) is 54.1 Å². The lowest BCUT2D eigenvalue weighted by atomic mass is 9.79. The van der Waals surface area contributed by atoms with Gasteiger partial charge in [0.2, 0.25) is 0 Å². The summed E-state index contributed by atoms with van der Waals surface area (Å²) in [6, 6.07) is 15.6. The number of aromatic hydroxyl groups is 1. The van der Waals surface area contributed by atoms with E-state index in [-0.39, 0.29) is 17.7 Å². The number of phenolic OH excluding ortho intramolecular Hbond substituents is 1. The number of fused-ring (bicyclic) bond motifs is 3. The summed E-state index contributed by atoms with van der Waals surface area (Å²) in [6.45, 7) is 4.57. The quantitative estimate of drug-likeness (QED) is 0.863. The molecule has 2 aromatic carbocycles. The van der Waals surface area contributed by atoms with Crippen LogP contribution < -0.4 is 5.32 Å². The molecule has 5 heteroatoms. The lowest BCUT2D eigenvalue weighted by Crippen LogP contribution is -2.62. The molecule has 0 aromatic heterocycles. The Morgan fingerprint density at radius 2 is 1.62 bits per heavy atom. The van der Waals surface area contributed by atoms with Crippen molar-refractivity contribution in [2.75, 3.05) is 13.1 Å². The molecule has 1 amide bonds. The van der Waals surface area contributed by atoms with Crippen LogP contribution in [0.5, 0.6) is 5.75 Å². The fourth-order valence-electron chi connectivity index (χ4n) is 4.10. The van der Waals surface area contributed by atoms with Gasteiger partial charge in [0.05, 0.1) is 0 Å². The molecule has 26 heavy (non-hydrogen) atoms. The number of piperidine rings is 3. The Kier molecular flexibility index (Phi) is 4.92. The number of benzene rings is 2. The van der Waals surface area contributed by atoms with E-state index in [0.717, 1.165) is 9.79 Å². The van der Waals surface area contributed by atoms with Crippen molar-refractivity contribution in [3.63, 3.8) is 0 Å². The summed E-state index contributed by atoms with van der Waals surface area (Å²) < 4.78 is 0. The van der Waals surface area contributed by atoms with Crippen LogP contribution in [0.4, 0.5) is 0 Å². The Labute approximate surface area is 158 Å². The number of hydrogen-bond donors (Lipinski definition) is 2. The lowest BCUT2D eigenvalue weighted by Gasteiger charge is -2.49. The van der Waals surface area contributed by atoms with Gasteiger partial charge in [-0.25, -0.2) is 0 Å². The first kappa shape index (κ1) is 17.4. The Balaban J connectivity index is 1.40. The van der Waals surface area contributed by atoms with E-state index in [1.807, 2.05) is 36.4 Å². The normalized spacial score (nSPS) is 27.3. The summed E-state index contributed by atoms with van der Waals surface area (Å²) in [5.74, 6) is 0.906. The minimum atomic E-state index is 0.0248. The molecule has 2 bridgehead atoms. The Hall–Kier alpha value is -1.98. The number of nitrogens with zero attached hydrogens (tertiary/aromatic N) is 1. The van der Waals surface area contributed by atoms with E-state index in [1.165, 1.54) is 25.9 Å². The maximum Gasteiger partial charge on any atom is 0.251 e. The number of nitrogens with one attached hydrogen (secondary N) is 1. The van der Waals surface area contributed by atoms with E-state index in [4.69, 9.17) is 0 Å². The van der Waals surface area contributed by atoms with Crippen molar-refractivity contribution in [2.45, 2.75) is 41.6 Å². The van der Waals surface area contributed by atoms with Gasteiger partial charge < -0.3 is 10.4 Å². The molecule has 0 saturated carbocycles. The molecule has 0 radical (unpaired) electrons. The minimum Gasteiger partial charge on any atom is -0.508 e. The predicted molar refractivity (Wildman–Crippen MR) is 104 cm³/mol. The molecule has 3 fully saturated rings. The van der Waals surface area contributed by atoms with Crippen molar-refractivity contribution in [2.24, 2.45) is 5.92 Å². The predicted octanol–water partition coefficient (Wildman–Crippen LogP) is 3.76.